The van der Waals surface area contributed by atoms with Crippen molar-refractivity contribution in [2.24, 2.45) is 0 Å². The van der Waals surface area contributed by atoms with Crippen molar-refractivity contribution in [2.75, 3.05) is 26.7 Å². The van der Waals surface area contributed by atoms with Crippen LogP contribution in [0.2, 0.25) is 0 Å². The lowest BCUT2D eigenvalue weighted by Crippen LogP contribution is -2.31. The molecule has 2 nitrogen and oxygen atoms in total. The van der Waals surface area contributed by atoms with Crippen molar-refractivity contribution in [3.05, 3.63) is 112 Å². The molecule has 2 aliphatic rings. The zero-order valence-corrected chi connectivity index (χ0v) is 19.9. The summed E-state index contributed by atoms with van der Waals surface area (Å²) in [5.74, 6) is 0.903. The van der Waals surface area contributed by atoms with Crippen LogP contribution in [0.3, 0.4) is 0 Å². The Morgan fingerprint density at radius 3 is 2.09 bits per heavy atom. The van der Waals surface area contributed by atoms with Crippen molar-refractivity contribution in [1.82, 2.24) is 4.90 Å². The summed E-state index contributed by atoms with van der Waals surface area (Å²) in [7, 11) is 1.71. The number of piperidine rings is 1. The van der Waals surface area contributed by atoms with Gasteiger partial charge in [-0.3, -0.25) is 4.90 Å². The van der Waals surface area contributed by atoms with Crippen molar-refractivity contribution in [2.45, 2.75) is 12.8 Å². The Hall–Kier alpha value is -3.07. The third kappa shape index (κ3) is 5.13. The Kier molecular flexibility index (Phi) is 7.49. The summed E-state index contributed by atoms with van der Waals surface area (Å²) >= 11 is 0. The average molecular weight is 456 g/mol. The number of nitrogens with zero attached hydrogens (tertiary/aromatic N) is 1. The lowest BCUT2D eigenvalue weighted by Gasteiger charge is -2.29. The van der Waals surface area contributed by atoms with Gasteiger partial charge in [-0.25, -0.2) is 0 Å². The zero-order valence-electron chi connectivity index (χ0n) is 19.0. The van der Waals surface area contributed by atoms with Crippen LogP contribution in [0.1, 0.15) is 40.7 Å². The molecule has 0 N–H and O–H groups in total. The summed E-state index contributed by atoms with van der Waals surface area (Å²) in [5.41, 5.74) is 9.59. The van der Waals surface area contributed by atoms with Crippen LogP contribution in [0.25, 0.3) is 23.8 Å². The maximum absolute atomic E-state index is 5.33. The molecule has 0 radical (unpaired) electrons. The van der Waals surface area contributed by atoms with E-state index in [1.165, 1.54) is 33.4 Å². The molecule has 1 saturated heterocycles. The molecule has 5 rings (SSSR count). The molecule has 0 bridgehead atoms. The van der Waals surface area contributed by atoms with Gasteiger partial charge in [0.05, 0.1) is 7.11 Å². The van der Waals surface area contributed by atoms with Crippen LogP contribution in [0, 0.1) is 0 Å². The molecule has 3 heteroatoms. The number of likely N-dealkylation sites (tertiary alicyclic amines) is 1. The molecule has 1 fully saturated rings. The van der Waals surface area contributed by atoms with Crippen LogP contribution in [0.15, 0.2) is 84.4 Å². The van der Waals surface area contributed by atoms with Gasteiger partial charge in [-0.2, -0.15) is 0 Å². The molecule has 0 unspecified atom stereocenters. The number of hydrogen-bond donors (Lipinski definition) is 0. The molecule has 0 saturated carbocycles. The molecule has 168 valence electrons. The first-order valence-electron chi connectivity index (χ1n) is 11.4. The van der Waals surface area contributed by atoms with E-state index in [1.54, 1.807) is 12.7 Å². The summed E-state index contributed by atoms with van der Waals surface area (Å²) in [6.07, 6.45) is 11.2. The topological polar surface area (TPSA) is 12.5 Å². The second-order valence-corrected chi connectivity index (χ2v) is 8.47. The Morgan fingerprint density at radius 1 is 0.818 bits per heavy atom. The van der Waals surface area contributed by atoms with E-state index in [1.807, 2.05) is 12.1 Å². The molecule has 3 aromatic rings. The minimum atomic E-state index is 0. The normalized spacial score (nSPS) is 15.5. The van der Waals surface area contributed by atoms with E-state index >= 15 is 0 Å². The van der Waals surface area contributed by atoms with E-state index in [0.29, 0.717) is 0 Å². The van der Waals surface area contributed by atoms with Gasteiger partial charge in [0.2, 0.25) is 0 Å². The molecule has 0 atom stereocenters. The van der Waals surface area contributed by atoms with Crippen LogP contribution in [-0.2, 0) is 0 Å². The van der Waals surface area contributed by atoms with Gasteiger partial charge >= 0.3 is 0 Å². The molecule has 1 aliphatic heterocycles. The maximum atomic E-state index is 5.33. The zero-order chi connectivity index (χ0) is 21.8. The third-order valence-electron chi connectivity index (χ3n) is 6.48. The van der Waals surface area contributed by atoms with Crippen LogP contribution in [-0.4, -0.2) is 31.6 Å². The van der Waals surface area contributed by atoms with Crippen LogP contribution in [0.4, 0.5) is 0 Å². The van der Waals surface area contributed by atoms with Crippen molar-refractivity contribution < 1.29 is 4.74 Å². The number of ether oxygens (including phenoxy) is 1. The monoisotopic (exact) mass is 455 g/mol. The van der Waals surface area contributed by atoms with Crippen molar-refractivity contribution in [3.8, 4) is 5.75 Å². The fourth-order valence-corrected chi connectivity index (χ4v) is 4.78. The molecule has 1 heterocycles. The quantitative estimate of drug-likeness (QED) is 0.322. The molecule has 3 aromatic carbocycles. The Morgan fingerprint density at radius 2 is 1.45 bits per heavy atom. The molecule has 0 amide bonds. The van der Waals surface area contributed by atoms with E-state index in [-0.39, 0.29) is 12.4 Å². The Labute approximate surface area is 203 Å². The highest BCUT2D eigenvalue weighted by Gasteiger charge is 2.21. The highest BCUT2D eigenvalue weighted by molar-refractivity contribution is 5.94. The summed E-state index contributed by atoms with van der Waals surface area (Å²) in [5, 5.41) is 0. The van der Waals surface area contributed by atoms with Crippen molar-refractivity contribution >= 4 is 36.2 Å². The third-order valence-corrected chi connectivity index (χ3v) is 6.48. The predicted molar refractivity (Wildman–Crippen MR) is 143 cm³/mol. The van der Waals surface area contributed by atoms with Gasteiger partial charge in [0.25, 0.3) is 0 Å². The summed E-state index contributed by atoms with van der Waals surface area (Å²) in [4.78, 5) is 2.55. The van der Waals surface area contributed by atoms with Gasteiger partial charge in [-0.1, -0.05) is 90.5 Å². The van der Waals surface area contributed by atoms with Gasteiger partial charge in [0.15, 0.2) is 0 Å². The van der Waals surface area contributed by atoms with Gasteiger partial charge in [-0.15, -0.1) is 12.4 Å². The lowest BCUT2D eigenvalue weighted by molar-refractivity contribution is 0.284. The summed E-state index contributed by atoms with van der Waals surface area (Å²) in [6.45, 7) is 3.17. The fourth-order valence-electron chi connectivity index (χ4n) is 4.78. The highest BCUT2D eigenvalue weighted by atomic mass is 35.5. The van der Waals surface area contributed by atoms with Crippen LogP contribution in [0.5, 0.6) is 5.75 Å². The number of hydrogen-bond acceptors (Lipinski definition) is 2. The number of fused-ring (bicyclic) bond motifs is 2. The van der Waals surface area contributed by atoms with E-state index in [4.69, 9.17) is 4.74 Å². The molecular weight excluding hydrogens is 426 g/mol. The molecule has 0 aromatic heterocycles. The lowest BCUT2D eigenvalue weighted by atomic mass is 9.86. The second kappa shape index (κ2) is 10.7. The van der Waals surface area contributed by atoms with Gasteiger partial charge < -0.3 is 4.74 Å². The minimum absolute atomic E-state index is 0. The first-order valence-corrected chi connectivity index (χ1v) is 11.4. The first kappa shape index (κ1) is 23.1. The molecule has 1 aliphatic carbocycles. The predicted octanol–water partition coefficient (Wildman–Crippen LogP) is 7.21. The standard InChI is InChI=1S/C30H29NO.ClH/c1-32-27-12-6-8-23(22-27)9-7-19-31-20-17-26(18-21-31)30-28-13-4-2-10-24(28)15-16-25-11-3-5-14-29(25)30;/h2-16,22H,17-21H2,1H3;1H. The highest BCUT2D eigenvalue weighted by Crippen LogP contribution is 2.38. The van der Waals surface area contributed by atoms with E-state index in [2.05, 4.69) is 89.9 Å². The number of halogens is 1. The van der Waals surface area contributed by atoms with Crippen LogP contribution < -0.4 is 4.74 Å². The van der Waals surface area contributed by atoms with E-state index in [9.17, 15) is 0 Å². The SMILES string of the molecule is COc1cccc(C=CCN2CCC(=C3c4ccccc4C=Cc4ccccc43)CC2)c1.Cl. The minimum Gasteiger partial charge on any atom is -0.497 e. The maximum Gasteiger partial charge on any atom is 0.119 e. The molecular formula is C30H30ClNO. The Balaban J connectivity index is 0.00000259. The second-order valence-electron chi connectivity index (χ2n) is 8.47. The number of benzene rings is 3. The van der Waals surface area contributed by atoms with Crippen molar-refractivity contribution in [1.29, 1.82) is 0 Å². The smallest absolute Gasteiger partial charge is 0.119 e. The molecule has 33 heavy (non-hydrogen) atoms. The fraction of sp³-hybridized carbons (Fsp3) is 0.200. The summed E-state index contributed by atoms with van der Waals surface area (Å²) in [6, 6.07) is 25.9. The average Bonchev–Trinajstić information content (AvgIpc) is 3.02. The number of methoxy groups -OCH3 is 1. The van der Waals surface area contributed by atoms with Gasteiger partial charge in [0, 0.05) is 19.6 Å². The van der Waals surface area contributed by atoms with E-state index < -0.39 is 0 Å². The van der Waals surface area contributed by atoms with Gasteiger partial charge in [0.1, 0.15) is 5.75 Å². The number of rotatable bonds is 4. The summed E-state index contributed by atoms with van der Waals surface area (Å²) < 4.78 is 5.33. The molecule has 0 spiro atoms. The van der Waals surface area contributed by atoms with Crippen LogP contribution >= 0.6 is 12.4 Å². The van der Waals surface area contributed by atoms with Gasteiger partial charge in [-0.05, 0) is 58.4 Å². The Bertz CT molecular complexity index is 1150. The van der Waals surface area contributed by atoms with E-state index in [0.717, 1.165) is 38.2 Å². The first-order chi connectivity index (χ1) is 15.8. The largest absolute Gasteiger partial charge is 0.497 e. The van der Waals surface area contributed by atoms with Crippen molar-refractivity contribution in [3.63, 3.8) is 0 Å².